The van der Waals surface area contributed by atoms with Crippen molar-refractivity contribution in [3.8, 4) is 0 Å². The second-order valence-corrected chi connectivity index (χ2v) is 3.85. The van der Waals surface area contributed by atoms with Crippen molar-refractivity contribution in [2.45, 2.75) is 6.10 Å². The van der Waals surface area contributed by atoms with Crippen LogP contribution >= 0.6 is 15.9 Å². The molecule has 14 heavy (non-hydrogen) atoms. The van der Waals surface area contributed by atoms with Crippen molar-refractivity contribution in [3.63, 3.8) is 0 Å². The van der Waals surface area contributed by atoms with Gasteiger partial charge in [0.05, 0.1) is 5.69 Å². The zero-order valence-corrected chi connectivity index (χ0v) is 8.71. The molecule has 0 saturated heterocycles. The summed E-state index contributed by atoms with van der Waals surface area (Å²) in [6.45, 7) is 0.191. The zero-order chi connectivity index (χ0) is 10.1. The Labute approximate surface area is 88.7 Å². The van der Waals surface area contributed by atoms with Gasteiger partial charge < -0.3 is 15.7 Å². The molecule has 2 rings (SSSR count). The Bertz CT molecular complexity index is 383. The number of halogens is 1. The molecule has 0 unspecified atom stereocenters. The Balaban J connectivity index is 2.37. The first-order chi connectivity index (χ1) is 6.66. The van der Waals surface area contributed by atoms with Crippen LogP contribution in [0.4, 0.5) is 11.5 Å². The number of β-amino-alcohol motifs (C(OH)–C–C–N with tert-alkyl or cyclic N) is 1. The number of carbonyl (C=O) groups excluding carboxylic acids is 1. The zero-order valence-electron chi connectivity index (χ0n) is 7.12. The molecule has 1 aliphatic heterocycles. The number of rotatable bonds is 0. The topological polar surface area (TPSA) is 74.2 Å². The van der Waals surface area contributed by atoms with Crippen LogP contribution in [0, 0.1) is 0 Å². The molecule has 0 aromatic carbocycles. The van der Waals surface area contributed by atoms with Crippen LogP contribution in [0.5, 0.6) is 0 Å². The molecule has 5 nitrogen and oxygen atoms in total. The maximum absolute atomic E-state index is 11.2. The highest BCUT2D eigenvalue weighted by molar-refractivity contribution is 9.10. The van der Waals surface area contributed by atoms with Gasteiger partial charge in [-0.1, -0.05) is 0 Å². The number of fused-ring (bicyclic) bond motifs is 1. The molecule has 6 heteroatoms. The number of nitrogens with zero attached hydrogens (tertiary/aromatic N) is 1. The molecule has 0 bridgehead atoms. The van der Waals surface area contributed by atoms with E-state index in [1.165, 1.54) is 0 Å². The van der Waals surface area contributed by atoms with Gasteiger partial charge in [-0.15, -0.1) is 0 Å². The molecule has 3 N–H and O–H groups in total. The van der Waals surface area contributed by atoms with Crippen LogP contribution in [0.2, 0.25) is 0 Å². The number of amides is 1. The van der Waals surface area contributed by atoms with Gasteiger partial charge in [-0.25, -0.2) is 4.98 Å². The van der Waals surface area contributed by atoms with Crippen molar-refractivity contribution in [2.75, 3.05) is 17.2 Å². The van der Waals surface area contributed by atoms with E-state index in [2.05, 4.69) is 31.5 Å². The number of carbonyl (C=O) groups is 1. The molecule has 74 valence electrons. The van der Waals surface area contributed by atoms with Crippen molar-refractivity contribution in [3.05, 3.63) is 16.7 Å². The molecule has 1 aromatic heterocycles. The van der Waals surface area contributed by atoms with Crippen LogP contribution < -0.4 is 10.6 Å². The average Bonchev–Trinajstić information content (AvgIpc) is 2.29. The minimum absolute atomic E-state index is 0.191. The third-order valence-corrected chi connectivity index (χ3v) is 2.32. The van der Waals surface area contributed by atoms with Gasteiger partial charge in [0.15, 0.2) is 5.82 Å². The van der Waals surface area contributed by atoms with E-state index in [1.807, 2.05) is 0 Å². The van der Waals surface area contributed by atoms with Gasteiger partial charge in [-0.05, 0) is 22.0 Å². The summed E-state index contributed by atoms with van der Waals surface area (Å²) in [7, 11) is 0. The fourth-order valence-electron chi connectivity index (χ4n) is 1.17. The third kappa shape index (κ3) is 1.71. The number of hydrogen-bond donors (Lipinski definition) is 3. The van der Waals surface area contributed by atoms with Gasteiger partial charge in [0.2, 0.25) is 0 Å². The van der Waals surface area contributed by atoms with Gasteiger partial charge >= 0.3 is 0 Å². The van der Waals surface area contributed by atoms with E-state index in [0.29, 0.717) is 11.5 Å². The van der Waals surface area contributed by atoms with E-state index in [-0.39, 0.29) is 6.54 Å². The number of nitrogens with one attached hydrogen (secondary N) is 2. The first kappa shape index (κ1) is 9.42. The number of hydrogen-bond acceptors (Lipinski definition) is 4. The summed E-state index contributed by atoms with van der Waals surface area (Å²) in [6, 6.07) is 1.79. The second-order valence-electron chi connectivity index (χ2n) is 2.94. The molecule has 2 heterocycles. The SMILES string of the molecule is O=C1Nc2ncc(Br)cc2NC[C@@H]1O. The van der Waals surface area contributed by atoms with E-state index in [0.717, 1.165) is 4.47 Å². The molecule has 0 saturated carbocycles. The second kappa shape index (κ2) is 3.55. The fourth-order valence-corrected chi connectivity index (χ4v) is 1.50. The summed E-state index contributed by atoms with van der Waals surface area (Å²) in [6.07, 6.45) is 0.543. The molecular weight excluding hydrogens is 250 g/mol. The minimum atomic E-state index is -1.04. The Morgan fingerprint density at radius 1 is 1.64 bits per heavy atom. The Morgan fingerprint density at radius 3 is 3.21 bits per heavy atom. The molecule has 1 aromatic rings. The first-order valence-electron chi connectivity index (χ1n) is 4.05. The average molecular weight is 258 g/mol. The van der Waals surface area contributed by atoms with Crippen LogP contribution in [0.25, 0.3) is 0 Å². The fraction of sp³-hybridized carbons (Fsp3) is 0.250. The van der Waals surface area contributed by atoms with Crippen molar-refractivity contribution in [1.29, 1.82) is 0 Å². The van der Waals surface area contributed by atoms with Crippen LogP contribution in [0.3, 0.4) is 0 Å². The van der Waals surface area contributed by atoms with E-state index in [1.54, 1.807) is 12.3 Å². The lowest BCUT2D eigenvalue weighted by atomic mass is 10.3. The van der Waals surface area contributed by atoms with Crippen molar-refractivity contribution in [1.82, 2.24) is 4.98 Å². The summed E-state index contributed by atoms with van der Waals surface area (Å²) in [5.74, 6) is 0.000762. The largest absolute Gasteiger partial charge is 0.381 e. The summed E-state index contributed by atoms with van der Waals surface area (Å²) in [4.78, 5) is 15.2. The third-order valence-electron chi connectivity index (χ3n) is 1.88. The summed E-state index contributed by atoms with van der Waals surface area (Å²) in [5.41, 5.74) is 0.698. The number of pyridine rings is 1. The molecule has 0 aliphatic carbocycles. The van der Waals surface area contributed by atoms with Crippen LogP contribution in [0.15, 0.2) is 16.7 Å². The molecule has 1 atom stereocenters. The van der Waals surface area contributed by atoms with E-state index in [4.69, 9.17) is 0 Å². The highest BCUT2D eigenvalue weighted by Gasteiger charge is 2.21. The predicted octanol–water partition coefficient (Wildman–Crippen LogP) is 0.569. The number of anilines is 2. The molecule has 1 aliphatic rings. The van der Waals surface area contributed by atoms with Gasteiger partial charge in [0.25, 0.3) is 5.91 Å². The van der Waals surface area contributed by atoms with E-state index >= 15 is 0 Å². The smallest absolute Gasteiger partial charge is 0.256 e. The van der Waals surface area contributed by atoms with E-state index in [9.17, 15) is 9.90 Å². The quantitative estimate of drug-likeness (QED) is 0.636. The highest BCUT2D eigenvalue weighted by Crippen LogP contribution is 2.24. The molecule has 0 fully saturated rings. The van der Waals surface area contributed by atoms with Crippen LogP contribution in [0.1, 0.15) is 0 Å². The first-order valence-corrected chi connectivity index (χ1v) is 4.84. The van der Waals surface area contributed by atoms with Crippen molar-refractivity contribution in [2.24, 2.45) is 0 Å². The van der Waals surface area contributed by atoms with Crippen LogP contribution in [-0.2, 0) is 4.79 Å². The lowest BCUT2D eigenvalue weighted by Crippen LogP contribution is -2.30. The molecular formula is C8H8BrN3O2. The van der Waals surface area contributed by atoms with Crippen molar-refractivity contribution >= 4 is 33.3 Å². The van der Waals surface area contributed by atoms with Gasteiger partial charge in [-0.2, -0.15) is 0 Å². The Hall–Kier alpha value is -1.14. The van der Waals surface area contributed by atoms with Crippen LogP contribution in [-0.4, -0.2) is 28.6 Å². The predicted molar refractivity (Wildman–Crippen MR) is 55.1 cm³/mol. The molecule has 0 radical (unpaired) electrons. The summed E-state index contributed by atoms with van der Waals surface area (Å²) < 4.78 is 0.814. The minimum Gasteiger partial charge on any atom is -0.381 e. The molecule has 0 spiro atoms. The normalized spacial score (nSPS) is 20.4. The standard InChI is InChI=1S/C8H8BrN3O2/c9-4-1-5-7(11-2-4)12-8(14)6(13)3-10-5/h1-2,6,10,13H,3H2,(H,11,12,14)/t6-/m0/s1. The summed E-state index contributed by atoms with van der Waals surface area (Å²) >= 11 is 3.27. The maximum atomic E-state index is 11.2. The Morgan fingerprint density at radius 2 is 2.43 bits per heavy atom. The van der Waals surface area contributed by atoms with E-state index < -0.39 is 12.0 Å². The maximum Gasteiger partial charge on any atom is 0.256 e. The summed E-state index contributed by atoms with van der Waals surface area (Å²) in [5, 5.41) is 14.7. The van der Waals surface area contributed by atoms with Gasteiger partial charge in [0.1, 0.15) is 6.10 Å². The number of aliphatic hydroxyl groups is 1. The number of aliphatic hydroxyl groups excluding tert-OH is 1. The molecule has 1 amide bonds. The number of aromatic nitrogens is 1. The van der Waals surface area contributed by atoms with Gasteiger partial charge in [0, 0.05) is 17.2 Å². The Kier molecular flexibility index (Phi) is 2.39. The lowest BCUT2D eigenvalue weighted by molar-refractivity contribution is -0.123. The monoisotopic (exact) mass is 257 g/mol. The van der Waals surface area contributed by atoms with Crippen molar-refractivity contribution < 1.29 is 9.90 Å². The van der Waals surface area contributed by atoms with Gasteiger partial charge in [-0.3, -0.25) is 4.79 Å². The lowest BCUT2D eigenvalue weighted by Gasteiger charge is -2.05. The highest BCUT2D eigenvalue weighted by atomic mass is 79.9.